The number of aromatic nitrogens is 4. The topological polar surface area (TPSA) is 137 Å². The number of nitrogens with one attached hydrogen (secondary N) is 3. The number of hydrogen-bond donors (Lipinski definition) is 4. The van der Waals surface area contributed by atoms with Crippen LogP contribution in [0.1, 0.15) is 28.0 Å². The Morgan fingerprint density at radius 1 is 1.11 bits per heavy atom. The fourth-order valence-electron chi connectivity index (χ4n) is 3.77. The number of rotatable bonds is 8. The smallest absolute Gasteiger partial charge is 0.251 e. The molecule has 0 fully saturated rings. The van der Waals surface area contributed by atoms with Gasteiger partial charge in [-0.1, -0.05) is 6.07 Å². The van der Waals surface area contributed by atoms with Crippen LogP contribution in [-0.2, 0) is 11.8 Å². The van der Waals surface area contributed by atoms with E-state index in [-0.39, 0.29) is 18.9 Å². The molecule has 2 aromatic carbocycles. The minimum absolute atomic E-state index is 0.0275. The van der Waals surface area contributed by atoms with E-state index in [4.69, 9.17) is 5.21 Å². The van der Waals surface area contributed by atoms with Gasteiger partial charge in [-0.2, -0.15) is 10.1 Å². The van der Waals surface area contributed by atoms with Crippen LogP contribution < -0.4 is 21.0 Å². The van der Waals surface area contributed by atoms with E-state index in [1.54, 1.807) is 12.3 Å². The summed E-state index contributed by atoms with van der Waals surface area (Å²) >= 11 is 0. The Bertz CT molecular complexity index is 1430. The highest BCUT2D eigenvalue weighted by atomic mass is 16.5. The van der Waals surface area contributed by atoms with E-state index in [0.29, 0.717) is 23.0 Å². The lowest BCUT2D eigenvalue weighted by Gasteiger charge is -2.19. The van der Waals surface area contributed by atoms with Gasteiger partial charge in [-0.25, -0.2) is 10.5 Å². The molecule has 0 aliphatic rings. The number of fused-ring (bicyclic) bond motifs is 1. The van der Waals surface area contributed by atoms with Gasteiger partial charge in [0.15, 0.2) is 0 Å². The van der Waals surface area contributed by atoms with Crippen LogP contribution in [0.3, 0.4) is 0 Å². The number of amides is 2. The average Bonchev–Trinajstić information content (AvgIpc) is 3.17. The van der Waals surface area contributed by atoms with Gasteiger partial charge < -0.3 is 15.5 Å². The van der Waals surface area contributed by atoms with E-state index >= 15 is 0 Å². The molecule has 0 unspecified atom stereocenters. The zero-order chi connectivity index (χ0) is 25.8. The van der Waals surface area contributed by atoms with Gasteiger partial charge in [0.1, 0.15) is 5.82 Å². The summed E-state index contributed by atoms with van der Waals surface area (Å²) in [5.74, 6) is 0.173. The number of aryl methyl sites for hydroxylation is 3. The van der Waals surface area contributed by atoms with Crippen LogP contribution >= 0.6 is 0 Å². The largest absolute Gasteiger partial charge is 0.352 e. The molecular weight excluding hydrogens is 460 g/mol. The molecule has 2 amide bonds. The van der Waals surface area contributed by atoms with Gasteiger partial charge in [-0.05, 0) is 55.8 Å². The monoisotopic (exact) mass is 488 g/mol. The molecule has 4 N–H and O–H groups in total. The van der Waals surface area contributed by atoms with E-state index in [0.717, 1.165) is 27.8 Å². The fraction of sp³-hybridized carbons (Fsp3) is 0.240. The maximum atomic E-state index is 12.6. The van der Waals surface area contributed by atoms with Crippen LogP contribution in [0.15, 0.2) is 48.7 Å². The van der Waals surface area contributed by atoms with Crippen molar-refractivity contribution in [1.82, 2.24) is 30.5 Å². The number of hydrogen-bond acceptors (Lipinski definition) is 8. The molecule has 0 saturated heterocycles. The summed E-state index contributed by atoms with van der Waals surface area (Å²) in [6.07, 6.45) is 1.64. The van der Waals surface area contributed by atoms with Crippen LogP contribution in [0.2, 0.25) is 0 Å². The molecule has 0 aliphatic heterocycles. The highest BCUT2D eigenvalue weighted by molar-refractivity contribution is 5.97. The van der Waals surface area contributed by atoms with Crippen LogP contribution in [0.25, 0.3) is 10.9 Å². The van der Waals surface area contributed by atoms with E-state index in [1.807, 2.05) is 67.9 Å². The Balaban J connectivity index is 1.50. The molecule has 11 nitrogen and oxygen atoms in total. The van der Waals surface area contributed by atoms with Crippen molar-refractivity contribution in [2.45, 2.75) is 20.3 Å². The van der Waals surface area contributed by atoms with Gasteiger partial charge >= 0.3 is 0 Å². The second-order valence-corrected chi connectivity index (χ2v) is 8.40. The second kappa shape index (κ2) is 10.4. The lowest BCUT2D eigenvalue weighted by atomic mass is 10.1. The molecule has 4 rings (SSSR count). The third-order valence-corrected chi connectivity index (χ3v) is 5.99. The molecule has 0 radical (unpaired) electrons. The molecule has 11 heteroatoms. The number of carbonyl (C=O) groups excluding carboxylic acids is 2. The van der Waals surface area contributed by atoms with Gasteiger partial charge in [0.2, 0.25) is 11.9 Å². The number of carbonyl (C=O) groups is 2. The van der Waals surface area contributed by atoms with E-state index in [9.17, 15) is 9.59 Å². The van der Waals surface area contributed by atoms with Crippen LogP contribution in [0.4, 0.5) is 23.1 Å². The minimum atomic E-state index is -0.570. The SMILES string of the molecule is Cc1ccc(Nc2nccc(N(C)c3ccc4c(C)n(C)nc4c3)n2)cc1C(=O)NCCC(=O)NO. The van der Waals surface area contributed by atoms with Gasteiger partial charge in [0, 0.05) is 61.3 Å². The van der Waals surface area contributed by atoms with Crippen LogP contribution in [0.5, 0.6) is 0 Å². The zero-order valence-corrected chi connectivity index (χ0v) is 20.5. The van der Waals surface area contributed by atoms with Gasteiger partial charge in [0.25, 0.3) is 5.91 Å². The van der Waals surface area contributed by atoms with Gasteiger partial charge in [-0.15, -0.1) is 0 Å². The van der Waals surface area contributed by atoms with Crippen molar-refractivity contribution < 1.29 is 14.8 Å². The molecule has 0 bridgehead atoms. The maximum Gasteiger partial charge on any atom is 0.251 e. The first kappa shape index (κ1) is 24.6. The summed E-state index contributed by atoms with van der Waals surface area (Å²) < 4.78 is 1.86. The third kappa shape index (κ3) is 5.26. The van der Waals surface area contributed by atoms with E-state index in [1.165, 1.54) is 5.48 Å². The highest BCUT2D eigenvalue weighted by Gasteiger charge is 2.13. The van der Waals surface area contributed by atoms with E-state index in [2.05, 4.69) is 31.8 Å². The summed E-state index contributed by atoms with van der Waals surface area (Å²) in [6.45, 7) is 3.96. The first-order valence-electron chi connectivity index (χ1n) is 11.4. The molecule has 0 saturated carbocycles. The highest BCUT2D eigenvalue weighted by Crippen LogP contribution is 2.28. The van der Waals surface area contributed by atoms with E-state index < -0.39 is 5.91 Å². The number of hydroxylamine groups is 1. The number of benzene rings is 2. The minimum Gasteiger partial charge on any atom is -0.352 e. The predicted molar refractivity (Wildman–Crippen MR) is 137 cm³/mol. The van der Waals surface area contributed by atoms with Crippen molar-refractivity contribution in [2.75, 3.05) is 23.8 Å². The van der Waals surface area contributed by atoms with Crippen LogP contribution in [-0.4, -0.2) is 50.4 Å². The predicted octanol–water partition coefficient (Wildman–Crippen LogP) is 3.12. The molecule has 0 atom stereocenters. The van der Waals surface area contributed by atoms with Crippen molar-refractivity contribution in [3.63, 3.8) is 0 Å². The lowest BCUT2D eigenvalue weighted by Crippen LogP contribution is -2.29. The quantitative estimate of drug-likeness (QED) is 0.219. The summed E-state index contributed by atoms with van der Waals surface area (Å²) in [4.78, 5) is 34.6. The summed E-state index contributed by atoms with van der Waals surface area (Å²) in [5, 5.41) is 20.1. The summed E-state index contributed by atoms with van der Waals surface area (Å²) in [6, 6.07) is 13.3. The molecular formula is C25H28N8O3. The summed E-state index contributed by atoms with van der Waals surface area (Å²) in [7, 11) is 3.85. The van der Waals surface area contributed by atoms with Crippen molar-refractivity contribution >= 4 is 45.9 Å². The zero-order valence-electron chi connectivity index (χ0n) is 20.5. The lowest BCUT2D eigenvalue weighted by molar-refractivity contribution is -0.129. The van der Waals surface area contributed by atoms with Crippen molar-refractivity contribution in [3.05, 3.63) is 65.5 Å². The Labute approximate surface area is 208 Å². The molecule has 186 valence electrons. The van der Waals surface area contributed by atoms with Crippen molar-refractivity contribution in [1.29, 1.82) is 0 Å². The molecule has 36 heavy (non-hydrogen) atoms. The molecule has 0 aliphatic carbocycles. The molecule has 2 aromatic heterocycles. The standard InChI is InChI=1S/C25H28N8O3/c1-15-5-6-17(13-20(15)24(35)26-12-10-23(34)31-36)28-25-27-11-9-22(29-25)32(3)18-7-8-19-16(2)33(4)30-21(19)14-18/h5-9,11,13-14,36H,10,12H2,1-4H3,(H,26,35)(H,31,34)(H,27,28,29). The number of nitrogens with zero attached hydrogens (tertiary/aromatic N) is 5. The normalized spacial score (nSPS) is 10.8. The fourth-order valence-corrected chi connectivity index (χ4v) is 3.77. The first-order valence-corrected chi connectivity index (χ1v) is 11.4. The Hall–Kier alpha value is -4.51. The van der Waals surface area contributed by atoms with Crippen molar-refractivity contribution in [3.8, 4) is 0 Å². The number of anilines is 4. The van der Waals surface area contributed by atoms with Crippen LogP contribution in [0, 0.1) is 13.8 Å². The molecule has 4 aromatic rings. The second-order valence-electron chi connectivity index (χ2n) is 8.40. The van der Waals surface area contributed by atoms with Gasteiger partial charge in [0.05, 0.1) is 5.52 Å². The summed E-state index contributed by atoms with van der Waals surface area (Å²) in [5.41, 5.74) is 6.37. The third-order valence-electron chi connectivity index (χ3n) is 5.99. The van der Waals surface area contributed by atoms with Crippen molar-refractivity contribution in [2.24, 2.45) is 7.05 Å². The molecule has 2 heterocycles. The first-order chi connectivity index (χ1) is 17.3. The Morgan fingerprint density at radius 3 is 2.69 bits per heavy atom. The maximum absolute atomic E-state index is 12.6. The molecule has 0 spiro atoms. The average molecular weight is 489 g/mol. The Morgan fingerprint density at radius 2 is 1.92 bits per heavy atom. The van der Waals surface area contributed by atoms with Gasteiger partial charge in [-0.3, -0.25) is 19.5 Å². The Kier molecular flexibility index (Phi) is 7.11.